The van der Waals surface area contributed by atoms with Gasteiger partial charge in [0, 0.05) is 18.0 Å². The minimum atomic E-state index is -0.0802. The lowest BCUT2D eigenvalue weighted by Crippen LogP contribution is -2.01. The fourth-order valence-electron chi connectivity index (χ4n) is 1.73. The zero-order chi connectivity index (χ0) is 13.4. The van der Waals surface area contributed by atoms with Crippen molar-refractivity contribution in [3.05, 3.63) is 23.8 Å². The number of aromatic nitrogens is 2. The number of nitrogens with zero attached hydrogens (tertiary/aromatic N) is 2. The number of alkyl halides is 2. The van der Waals surface area contributed by atoms with Crippen molar-refractivity contribution < 1.29 is 0 Å². The molecule has 0 radical (unpaired) electrons. The molecule has 0 N–H and O–H groups in total. The van der Waals surface area contributed by atoms with E-state index >= 15 is 0 Å². The average molecular weight is 289 g/mol. The minimum Gasteiger partial charge on any atom is -0.239 e. The van der Waals surface area contributed by atoms with Crippen molar-refractivity contribution in [2.24, 2.45) is 0 Å². The molecule has 2 nitrogen and oxygen atoms in total. The fourth-order valence-corrected chi connectivity index (χ4v) is 2.27. The molecule has 0 saturated carbocycles. The van der Waals surface area contributed by atoms with E-state index in [0.717, 1.165) is 44.1 Å². The van der Waals surface area contributed by atoms with Crippen molar-refractivity contribution in [2.45, 2.75) is 63.1 Å². The molecule has 18 heavy (non-hydrogen) atoms. The molecule has 4 heteroatoms. The van der Waals surface area contributed by atoms with Crippen LogP contribution < -0.4 is 0 Å². The zero-order valence-corrected chi connectivity index (χ0v) is 12.7. The standard InChI is InChI=1S/C14H22Cl2N2/c1-3-5-7-12(15)11-9-17-14(18-10-11)13(16)8-6-4-2/h9-10,12-13H,3-8H2,1-2H3. The van der Waals surface area contributed by atoms with Crippen LogP contribution in [0.15, 0.2) is 12.4 Å². The second kappa shape index (κ2) is 8.71. The highest BCUT2D eigenvalue weighted by atomic mass is 35.5. The Balaban J connectivity index is 2.56. The molecule has 0 aliphatic heterocycles. The summed E-state index contributed by atoms with van der Waals surface area (Å²) in [7, 11) is 0. The van der Waals surface area contributed by atoms with Crippen molar-refractivity contribution >= 4 is 23.2 Å². The van der Waals surface area contributed by atoms with Gasteiger partial charge in [0.2, 0.25) is 0 Å². The molecule has 2 unspecified atom stereocenters. The van der Waals surface area contributed by atoms with Crippen LogP contribution >= 0.6 is 23.2 Å². The van der Waals surface area contributed by atoms with Gasteiger partial charge in [-0.25, -0.2) is 9.97 Å². The van der Waals surface area contributed by atoms with Crippen LogP contribution in [0.3, 0.4) is 0 Å². The van der Waals surface area contributed by atoms with E-state index in [9.17, 15) is 0 Å². The molecule has 102 valence electrons. The zero-order valence-electron chi connectivity index (χ0n) is 11.2. The molecule has 0 aliphatic carbocycles. The third-order valence-corrected chi connectivity index (χ3v) is 3.84. The van der Waals surface area contributed by atoms with Crippen LogP contribution in [0.4, 0.5) is 0 Å². The van der Waals surface area contributed by atoms with E-state index < -0.39 is 0 Å². The fraction of sp³-hybridized carbons (Fsp3) is 0.714. The van der Waals surface area contributed by atoms with Crippen LogP contribution in [-0.4, -0.2) is 9.97 Å². The Morgan fingerprint density at radius 2 is 1.44 bits per heavy atom. The first-order chi connectivity index (χ1) is 8.69. The Bertz CT molecular complexity index is 294. The van der Waals surface area contributed by atoms with Crippen molar-refractivity contribution in [2.75, 3.05) is 0 Å². The Labute approximate surface area is 120 Å². The van der Waals surface area contributed by atoms with Gasteiger partial charge in [-0.05, 0) is 12.8 Å². The van der Waals surface area contributed by atoms with Crippen LogP contribution in [0.2, 0.25) is 0 Å². The Morgan fingerprint density at radius 1 is 0.944 bits per heavy atom. The van der Waals surface area contributed by atoms with Gasteiger partial charge < -0.3 is 0 Å². The number of unbranched alkanes of at least 4 members (excludes halogenated alkanes) is 2. The second-order valence-corrected chi connectivity index (χ2v) is 5.65. The molecule has 0 aromatic carbocycles. The maximum absolute atomic E-state index is 6.29. The van der Waals surface area contributed by atoms with Gasteiger partial charge in [0.1, 0.15) is 5.82 Å². The summed E-state index contributed by atoms with van der Waals surface area (Å²) in [5.41, 5.74) is 0.994. The maximum atomic E-state index is 6.29. The van der Waals surface area contributed by atoms with Crippen molar-refractivity contribution in [3.63, 3.8) is 0 Å². The molecule has 0 saturated heterocycles. The molecule has 1 rings (SSSR count). The maximum Gasteiger partial charge on any atom is 0.146 e. The van der Waals surface area contributed by atoms with Gasteiger partial charge in [0.25, 0.3) is 0 Å². The first-order valence-corrected chi connectivity index (χ1v) is 7.66. The Hall–Kier alpha value is -0.340. The van der Waals surface area contributed by atoms with Crippen LogP contribution in [0, 0.1) is 0 Å². The van der Waals surface area contributed by atoms with Crippen molar-refractivity contribution in [1.29, 1.82) is 0 Å². The van der Waals surface area contributed by atoms with E-state index in [1.807, 2.05) is 12.4 Å². The van der Waals surface area contributed by atoms with Gasteiger partial charge >= 0.3 is 0 Å². The minimum absolute atomic E-state index is 0.0171. The quantitative estimate of drug-likeness (QED) is 0.597. The molecule has 0 bridgehead atoms. The average Bonchev–Trinajstić information content (AvgIpc) is 2.42. The monoisotopic (exact) mass is 288 g/mol. The second-order valence-electron chi connectivity index (χ2n) is 4.59. The summed E-state index contributed by atoms with van der Waals surface area (Å²) in [6.45, 7) is 4.31. The van der Waals surface area contributed by atoms with Crippen molar-refractivity contribution in [1.82, 2.24) is 9.97 Å². The Morgan fingerprint density at radius 3 is 1.94 bits per heavy atom. The van der Waals surface area contributed by atoms with Gasteiger partial charge in [-0.1, -0.05) is 39.5 Å². The lowest BCUT2D eigenvalue weighted by Gasteiger charge is -2.11. The lowest BCUT2D eigenvalue weighted by atomic mass is 10.1. The van der Waals surface area contributed by atoms with Crippen molar-refractivity contribution in [3.8, 4) is 0 Å². The summed E-state index contributed by atoms with van der Waals surface area (Å²) in [4.78, 5) is 8.67. The summed E-state index contributed by atoms with van der Waals surface area (Å²) >= 11 is 12.5. The van der Waals surface area contributed by atoms with E-state index in [1.54, 1.807) is 0 Å². The molecule has 1 aromatic rings. The van der Waals surface area contributed by atoms with E-state index in [4.69, 9.17) is 23.2 Å². The van der Waals surface area contributed by atoms with Crippen LogP contribution in [0.25, 0.3) is 0 Å². The molecule has 0 aliphatic rings. The lowest BCUT2D eigenvalue weighted by molar-refractivity contribution is 0.667. The highest BCUT2D eigenvalue weighted by Gasteiger charge is 2.13. The van der Waals surface area contributed by atoms with Gasteiger partial charge in [-0.2, -0.15) is 0 Å². The first kappa shape index (κ1) is 15.7. The smallest absolute Gasteiger partial charge is 0.146 e. The summed E-state index contributed by atoms with van der Waals surface area (Å²) in [5.74, 6) is 0.716. The number of rotatable bonds is 8. The molecule has 0 amide bonds. The summed E-state index contributed by atoms with van der Waals surface area (Å²) < 4.78 is 0. The largest absolute Gasteiger partial charge is 0.239 e. The molecule has 0 spiro atoms. The van der Waals surface area contributed by atoms with E-state index in [1.165, 1.54) is 0 Å². The SMILES string of the molecule is CCCCC(Cl)c1cnc(C(Cl)CCCC)nc1. The Kier molecular flexibility index (Phi) is 7.60. The molecule has 1 aromatic heterocycles. The number of hydrogen-bond donors (Lipinski definition) is 0. The van der Waals surface area contributed by atoms with Crippen LogP contribution in [-0.2, 0) is 0 Å². The molecule has 1 heterocycles. The van der Waals surface area contributed by atoms with E-state index in [2.05, 4.69) is 23.8 Å². The van der Waals surface area contributed by atoms with Crippen LogP contribution in [0.1, 0.15) is 74.5 Å². The van der Waals surface area contributed by atoms with Gasteiger partial charge in [0.15, 0.2) is 0 Å². The number of halogens is 2. The summed E-state index contributed by atoms with van der Waals surface area (Å²) in [6, 6.07) is 0. The predicted molar refractivity (Wildman–Crippen MR) is 78.3 cm³/mol. The molecule has 2 atom stereocenters. The van der Waals surface area contributed by atoms with Crippen LogP contribution in [0.5, 0.6) is 0 Å². The summed E-state index contributed by atoms with van der Waals surface area (Å²) in [5, 5.41) is -0.0631. The summed E-state index contributed by atoms with van der Waals surface area (Å²) in [6.07, 6.45) is 10.1. The molecular formula is C14H22Cl2N2. The third-order valence-electron chi connectivity index (χ3n) is 2.96. The van der Waals surface area contributed by atoms with E-state index in [-0.39, 0.29) is 10.8 Å². The number of hydrogen-bond acceptors (Lipinski definition) is 2. The predicted octanol–water partition coefficient (Wildman–Crippen LogP) is 5.42. The topological polar surface area (TPSA) is 25.8 Å². The highest BCUT2D eigenvalue weighted by molar-refractivity contribution is 6.21. The highest BCUT2D eigenvalue weighted by Crippen LogP contribution is 2.27. The normalized spacial score (nSPS) is 14.4. The third kappa shape index (κ3) is 5.11. The molecule has 0 fully saturated rings. The van der Waals surface area contributed by atoms with Gasteiger partial charge in [-0.3, -0.25) is 0 Å². The van der Waals surface area contributed by atoms with Gasteiger partial charge in [-0.15, -0.1) is 23.2 Å². The molecular weight excluding hydrogens is 267 g/mol. The van der Waals surface area contributed by atoms with Gasteiger partial charge in [0.05, 0.1) is 10.8 Å². The first-order valence-electron chi connectivity index (χ1n) is 6.79. The van der Waals surface area contributed by atoms with E-state index in [0.29, 0.717) is 5.82 Å².